The van der Waals surface area contributed by atoms with Gasteiger partial charge in [-0.05, 0) is 30.7 Å². The quantitative estimate of drug-likeness (QED) is 0.866. The van der Waals surface area contributed by atoms with Crippen LogP contribution in [0.2, 0.25) is 0 Å². The van der Waals surface area contributed by atoms with Crippen LogP contribution in [-0.4, -0.2) is 33.4 Å². The normalized spacial score (nSPS) is 16.6. The zero-order valence-electron chi connectivity index (χ0n) is 12.3. The molecule has 1 aromatic carbocycles. The van der Waals surface area contributed by atoms with Gasteiger partial charge in [0.25, 0.3) is 0 Å². The van der Waals surface area contributed by atoms with E-state index >= 15 is 0 Å². The van der Waals surface area contributed by atoms with E-state index in [0.29, 0.717) is 30.9 Å². The van der Waals surface area contributed by atoms with Gasteiger partial charge in [-0.2, -0.15) is 10.5 Å². The Morgan fingerprint density at radius 3 is 2.74 bits per heavy atom. The molecule has 1 atom stereocenters. The lowest BCUT2D eigenvalue weighted by Gasteiger charge is -2.08. The maximum atomic E-state index is 12.2. The van der Waals surface area contributed by atoms with Crippen molar-refractivity contribution in [3.8, 4) is 17.9 Å². The average molecular weight is 306 g/mol. The van der Waals surface area contributed by atoms with E-state index < -0.39 is 0 Å². The number of carbonyl (C=O) groups excluding carboxylic acids is 1. The summed E-state index contributed by atoms with van der Waals surface area (Å²) in [4.78, 5) is 17.9. The predicted molar refractivity (Wildman–Crippen MR) is 82.2 cm³/mol. The van der Waals surface area contributed by atoms with E-state index in [1.54, 1.807) is 34.1 Å². The second-order valence-electron chi connectivity index (χ2n) is 5.35. The number of aromatic nitrogens is 2. The first-order chi connectivity index (χ1) is 11.2. The van der Waals surface area contributed by atoms with Crippen LogP contribution in [0.4, 0.5) is 5.82 Å². The minimum atomic E-state index is -0.185. The molecule has 1 unspecified atom stereocenters. The van der Waals surface area contributed by atoms with Crippen molar-refractivity contribution in [1.29, 1.82) is 10.5 Å². The van der Waals surface area contributed by atoms with E-state index in [4.69, 9.17) is 10.5 Å². The fourth-order valence-corrected chi connectivity index (χ4v) is 2.53. The molecule has 1 aliphatic heterocycles. The first-order valence-corrected chi connectivity index (χ1v) is 7.19. The topological polar surface area (TPSA) is 97.7 Å². The van der Waals surface area contributed by atoms with Crippen molar-refractivity contribution in [3.63, 3.8) is 0 Å². The minimum absolute atomic E-state index is 0.118. The van der Waals surface area contributed by atoms with Gasteiger partial charge in [-0.25, -0.2) is 4.98 Å². The fraction of sp³-hybridized carbons (Fsp3) is 0.250. The lowest BCUT2D eigenvalue weighted by Crippen LogP contribution is -2.25. The molecule has 1 fully saturated rings. The number of rotatable bonds is 3. The Labute approximate surface area is 133 Å². The Balaban J connectivity index is 1.66. The van der Waals surface area contributed by atoms with Gasteiger partial charge in [-0.3, -0.25) is 4.79 Å². The largest absolute Gasteiger partial charge is 0.310 e. The lowest BCUT2D eigenvalue weighted by atomic mass is 10.1. The highest BCUT2D eigenvalue weighted by Crippen LogP contribution is 2.18. The van der Waals surface area contributed by atoms with Crippen LogP contribution < -0.4 is 5.32 Å². The zero-order chi connectivity index (χ0) is 16.2. The van der Waals surface area contributed by atoms with Crippen molar-refractivity contribution in [1.82, 2.24) is 14.5 Å². The summed E-state index contributed by atoms with van der Waals surface area (Å²) in [6.45, 7) is 1.08. The van der Waals surface area contributed by atoms with E-state index in [2.05, 4.69) is 22.6 Å². The third kappa shape index (κ3) is 3.14. The first-order valence-electron chi connectivity index (χ1n) is 7.19. The summed E-state index contributed by atoms with van der Waals surface area (Å²) in [6, 6.07) is 9.14. The van der Waals surface area contributed by atoms with Crippen LogP contribution in [0.15, 0.2) is 36.8 Å². The summed E-state index contributed by atoms with van der Waals surface area (Å²) in [5.41, 5.74) is 1.44. The van der Waals surface area contributed by atoms with Gasteiger partial charge in [0.2, 0.25) is 5.91 Å². The molecule has 0 saturated carbocycles. The standard InChI is InChI=1S/C16H14N6O/c17-7-12-1-3-14(4-2-12)22-9-15(19-11-22)20-16(23)13-5-6-21(8-13)10-18/h1-4,9,11,13H,5-6,8H2,(H,20,23). The number of benzene rings is 1. The molecule has 23 heavy (non-hydrogen) atoms. The van der Waals surface area contributed by atoms with Crippen LogP contribution in [-0.2, 0) is 4.79 Å². The van der Waals surface area contributed by atoms with Crippen molar-refractivity contribution < 1.29 is 4.79 Å². The highest BCUT2D eigenvalue weighted by atomic mass is 16.2. The summed E-state index contributed by atoms with van der Waals surface area (Å²) in [6.07, 6.45) is 6.06. The highest BCUT2D eigenvalue weighted by molar-refractivity contribution is 5.92. The smallest absolute Gasteiger partial charge is 0.230 e. The molecular formula is C16H14N6O. The maximum Gasteiger partial charge on any atom is 0.230 e. The fourth-order valence-electron chi connectivity index (χ4n) is 2.53. The number of nitrogens with one attached hydrogen (secondary N) is 1. The number of likely N-dealkylation sites (tertiary alicyclic amines) is 1. The molecule has 1 amide bonds. The number of nitrogens with zero attached hydrogens (tertiary/aromatic N) is 5. The summed E-state index contributed by atoms with van der Waals surface area (Å²) in [5, 5.41) is 20.4. The Bertz CT molecular complexity index is 795. The van der Waals surface area contributed by atoms with Crippen molar-refractivity contribution in [2.75, 3.05) is 18.4 Å². The van der Waals surface area contributed by atoms with E-state index in [9.17, 15) is 4.79 Å². The van der Waals surface area contributed by atoms with Gasteiger partial charge < -0.3 is 14.8 Å². The van der Waals surface area contributed by atoms with Gasteiger partial charge in [-0.1, -0.05) is 0 Å². The van der Waals surface area contributed by atoms with Crippen LogP contribution in [0.5, 0.6) is 0 Å². The second kappa shape index (κ2) is 6.20. The van der Waals surface area contributed by atoms with Crippen LogP contribution in [0.1, 0.15) is 12.0 Å². The number of anilines is 1. The Kier molecular flexibility index (Phi) is 3.94. The SMILES string of the molecule is N#Cc1ccc(-n2cnc(NC(=O)C3CCN(C#N)C3)c2)cc1. The monoisotopic (exact) mass is 306 g/mol. The molecule has 3 rings (SSSR count). The molecule has 0 spiro atoms. The van der Waals surface area contributed by atoms with Crippen LogP contribution in [0.3, 0.4) is 0 Å². The Morgan fingerprint density at radius 1 is 1.30 bits per heavy atom. The molecule has 0 radical (unpaired) electrons. The minimum Gasteiger partial charge on any atom is -0.310 e. The molecular weight excluding hydrogens is 292 g/mol. The third-order valence-corrected chi connectivity index (χ3v) is 3.83. The molecule has 1 saturated heterocycles. The number of hydrogen-bond donors (Lipinski definition) is 1. The summed E-state index contributed by atoms with van der Waals surface area (Å²) in [7, 11) is 0. The van der Waals surface area contributed by atoms with Crippen LogP contribution in [0.25, 0.3) is 5.69 Å². The zero-order valence-corrected chi connectivity index (χ0v) is 12.3. The Morgan fingerprint density at radius 2 is 2.09 bits per heavy atom. The van der Waals surface area contributed by atoms with Crippen molar-refractivity contribution >= 4 is 11.7 Å². The lowest BCUT2D eigenvalue weighted by molar-refractivity contribution is -0.119. The molecule has 7 heteroatoms. The molecule has 2 heterocycles. The summed E-state index contributed by atoms with van der Waals surface area (Å²) in [5.74, 6) is 0.164. The highest BCUT2D eigenvalue weighted by Gasteiger charge is 2.28. The molecule has 2 aromatic rings. The number of carbonyl (C=O) groups is 1. The molecule has 114 valence electrons. The maximum absolute atomic E-state index is 12.2. The summed E-state index contributed by atoms with van der Waals surface area (Å²) >= 11 is 0. The number of nitriles is 2. The van der Waals surface area contributed by atoms with E-state index in [1.807, 2.05) is 12.1 Å². The van der Waals surface area contributed by atoms with Crippen LogP contribution in [0, 0.1) is 28.7 Å². The molecule has 1 aromatic heterocycles. The van der Waals surface area contributed by atoms with Gasteiger partial charge in [0.05, 0.1) is 23.7 Å². The van der Waals surface area contributed by atoms with E-state index in [0.717, 1.165) is 5.69 Å². The average Bonchev–Trinajstić information content (AvgIpc) is 3.24. The number of amides is 1. The molecule has 7 nitrogen and oxygen atoms in total. The van der Waals surface area contributed by atoms with Gasteiger partial charge in [0.1, 0.15) is 6.33 Å². The Hall–Kier alpha value is -3.32. The molecule has 1 N–H and O–H groups in total. The van der Waals surface area contributed by atoms with Gasteiger partial charge in [0.15, 0.2) is 12.0 Å². The number of hydrogen-bond acceptors (Lipinski definition) is 5. The van der Waals surface area contributed by atoms with Gasteiger partial charge >= 0.3 is 0 Å². The van der Waals surface area contributed by atoms with E-state index in [1.165, 1.54) is 0 Å². The predicted octanol–water partition coefficient (Wildman–Crippen LogP) is 1.49. The van der Waals surface area contributed by atoms with Gasteiger partial charge in [0, 0.05) is 18.8 Å². The second-order valence-corrected chi connectivity index (χ2v) is 5.35. The van der Waals surface area contributed by atoms with Crippen molar-refractivity contribution in [3.05, 3.63) is 42.4 Å². The van der Waals surface area contributed by atoms with Crippen LogP contribution >= 0.6 is 0 Å². The number of imidazole rings is 1. The summed E-state index contributed by atoms with van der Waals surface area (Å²) < 4.78 is 1.77. The van der Waals surface area contributed by atoms with Crippen molar-refractivity contribution in [2.45, 2.75) is 6.42 Å². The third-order valence-electron chi connectivity index (χ3n) is 3.83. The van der Waals surface area contributed by atoms with Gasteiger partial charge in [-0.15, -0.1) is 0 Å². The van der Waals surface area contributed by atoms with Crippen molar-refractivity contribution in [2.24, 2.45) is 5.92 Å². The molecule has 0 aliphatic carbocycles. The van der Waals surface area contributed by atoms with E-state index in [-0.39, 0.29) is 11.8 Å². The molecule has 1 aliphatic rings. The first kappa shape index (κ1) is 14.6. The molecule has 0 bridgehead atoms.